The molecule has 0 aromatic heterocycles. The lowest BCUT2D eigenvalue weighted by molar-refractivity contribution is 0.947. The Labute approximate surface area is 37.6 Å². The maximum atomic E-state index is 4.28. The molecule has 0 aliphatic rings. The van der Waals surface area contributed by atoms with E-state index in [1.54, 1.807) is 0 Å². The maximum absolute atomic E-state index is 4.28. The van der Waals surface area contributed by atoms with Crippen LogP contribution in [0.25, 0.3) is 0 Å². The molecule has 0 rings (SSSR count). The van der Waals surface area contributed by atoms with Crippen LogP contribution in [0.2, 0.25) is 0 Å². The quantitative estimate of drug-likeness (QED) is 0.494. The van der Waals surface area contributed by atoms with Crippen LogP contribution in [-0.2, 0) is 12.4 Å². The van der Waals surface area contributed by atoms with E-state index in [1.807, 2.05) is 0 Å². The fourth-order valence-electron chi connectivity index (χ4n) is 0.0913. The van der Waals surface area contributed by atoms with Gasteiger partial charge in [-0.25, -0.2) is 4.36 Å². The second-order valence-corrected chi connectivity index (χ2v) is 1.11. The minimum atomic E-state index is 0.829. The zero-order valence-electron chi connectivity index (χ0n) is 3.27. The lowest BCUT2D eigenvalue weighted by atomic mass is 10.5. The van der Waals surface area contributed by atoms with Gasteiger partial charge in [-0.15, -0.1) is 0 Å². The van der Waals surface area contributed by atoms with E-state index >= 15 is 0 Å². The van der Waals surface area contributed by atoms with E-state index in [2.05, 4.69) is 23.7 Å². The van der Waals surface area contributed by atoms with Gasteiger partial charge < -0.3 is 0 Å². The summed E-state index contributed by atoms with van der Waals surface area (Å²) in [5, 5.41) is 0. The van der Waals surface area contributed by atoms with Crippen LogP contribution in [0.1, 0.15) is 13.3 Å². The van der Waals surface area contributed by atoms with Crippen LogP contribution in [-0.4, -0.2) is 6.54 Å². The average Bonchev–Trinajstić information content (AvgIpc) is 1.41. The third-order valence-corrected chi connectivity index (χ3v) is 0.497. The smallest absolute Gasteiger partial charge is 0.0518 e. The zero-order valence-corrected chi connectivity index (χ0v) is 4.09. The highest BCUT2D eigenvalue weighted by Gasteiger charge is 1.63. The van der Waals surface area contributed by atoms with Gasteiger partial charge in [-0.3, -0.25) is 0 Å². The summed E-state index contributed by atoms with van der Waals surface area (Å²) in [6, 6.07) is 0. The molecule has 0 spiro atoms. The van der Waals surface area contributed by atoms with Gasteiger partial charge in [-0.2, -0.15) is 0 Å². The topological polar surface area (TPSA) is 12.4 Å². The largest absolute Gasteiger partial charge is 0.220 e. The van der Waals surface area contributed by atoms with Crippen LogP contribution < -0.4 is 0 Å². The number of rotatable bonds is 2. The summed E-state index contributed by atoms with van der Waals surface area (Å²) in [6.45, 7) is 2.88. The molecule has 0 bridgehead atoms. The molecule has 0 fully saturated rings. The average molecular weight is 89.2 g/mol. The molecule has 0 heterocycles. The van der Waals surface area contributed by atoms with Gasteiger partial charge in [0.05, 0.1) is 6.54 Å². The molecule has 0 saturated carbocycles. The monoisotopic (exact) mass is 89.0 g/mol. The molecule has 0 radical (unpaired) electrons. The van der Waals surface area contributed by atoms with Gasteiger partial charge >= 0.3 is 0 Å². The lowest BCUT2D eigenvalue weighted by Gasteiger charge is -1.71. The molecule has 0 aromatic carbocycles. The Bertz CT molecular complexity index is 28.1. The van der Waals surface area contributed by atoms with Crippen LogP contribution >= 0.6 is 0 Å². The van der Waals surface area contributed by atoms with Gasteiger partial charge in [-0.1, -0.05) is 6.92 Å². The molecule has 0 aromatic rings. The molecule has 0 aliphatic carbocycles. The van der Waals surface area contributed by atoms with Crippen molar-refractivity contribution >= 4 is 12.4 Å². The van der Waals surface area contributed by atoms with Gasteiger partial charge in [0.15, 0.2) is 0 Å². The van der Waals surface area contributed by atoms with E-state index in [0.717, 1.165) is 13.0 Å². The first-order valence-electron chi connectivity index (χ1n) is 1.71. The highest BCUT2D eigenvalue weighted by Crippen LogP contribution is 1.70. The third kappa shape index (κ3) is 4.02. The Kier molecular flexibility index (Phi) is 4.04. The van der Waals surface area contributed by atoms with Gasteiger partial charge in [0.2, 0.25) is 0 Å². The summed E-state index contributed by atoms with van der Waals surface area (Å²) < 4.78 is 3.44. The molecule has 30 valence electrons. The molecule has 0 unspecified atom stereocenters. The lowest BCUT2D eigenvalue weighted by Crippen LogP contribution is -1.66. The molecule has 5 heavy (non-hydrogen) atoms. The molecule has 0 aliphatic heterocycles. The fourth-order valence-corrected chi connectivity index (χ4v) is 0.274. The Morgan fingerprint density at radius 3 is 2.40 bits per heavy atom. The number of hydrogen-bond donors (Lipinski definition) is 0. The zero-order chi connectivity index (χ0) is 4.12. The molecule has 0 saturated heterocycles. The van der Waals surface area contributed by atoms with Crippen LogP contribution in [0, 0.1) is 0 Å². The van der Waals surface area contributed by atoms with Crippen LogP contribution in [0.15, 0.2) is 4.36 Å². The summed E-state index contributed by atoms with van der Waals surface area (Å²) in [5.74, 6) is 0. The first-order chi connectivity index (χ1) is 2.41. The Morgan fingerprint density at radius 1 is 1.80 bits per heavy atom. The molecule has 1 nitrogen and oxygen atoms in total. The highest BCUT2D eigenvalue weighted by atomic mass is 32.1. The molecule has 0 amide bonds. The molecular weight excluding hydrogens is 82.1 g/mol. The van der Waals surface area contributed by atoms with Crippen molar-refractivity contribution < 1.29 is 0 Å². The molecule has 0 atom stereocenters. The van der Waals surface area contributed by atoms with Gasteiger partial charge in [0, 0.05) is 12.4 Å². The van der Waals surface area contributed by atoms with Crippen molar-refractivity contribution in [3.63, 3.8) is 0 Å². The predicted octanol–water partition coefficient (Wildman–Crippen LogP) is 1.13. The SMILES string of the molecule is CCCN=S. The first kappa shape index (κ1) is 5.02. The minimum absolute atomic E-state index is 0.829. The first-order valence-corrected chi connectivity index (χ1v) is 2.07. The standard InChI is InChI=1S/C3H7NS/c1-2-3-4-5/h2-3H2,1H3. The summed E-state index contributed by atoms with van der Waals surface area (Å²) in [6.07, 6.45) is 1.07. The van der Waals surface area contributed by atoms with E-state index in [1.165, 1.54) is 0 Å². The summed E-state index contributed by atoms with van der Waals surface area (Å²) in [7, 11) is 0. The normalized spacial score (nSPS) is 7.40. The predicted molar refractivity (Wildman–Crippen MR) is 25.0 cm³/mol. The van der Waals surface area contributed by atoms with Crippen LogP contribution in [0.5, 0.6) is 0 Å². The fraction of sp³-hybridized carbons (Fsp3) is 1.00. The second-order valence-electron chi connectivity index (χ2n) is 0.853. The van der Waals surface area contributed by atoms with E-state index in [-0.39, 0.29) is 0 Å². The molecule has 0 N–H and O–H groups in total. The van der Waals surface area contributed by atoms with Crippen molar-refractivity contribution in [2.24, 2.45) is 4.36 Å². The highest BCUT2D eigenvalue weighted by molar-refractivity contribution is 7.47. The van der Waals surface area contributed by atoms with Crippen molar-refractivity contribution in [3.05, 3.63) is 0 Å². The molecule has 2 heteroatoms. The van der Waals surface area contributed by atoms with Gasteiger partial charge in [-0.05, 0) is 6.42 Å². The third-order valence-electron chi connectivity index (χ3n) is 0.315. The van der Waals surface area contributed by atoms with E-state index in [4.69, 9.17) is 0 Å². The van der Waals surface area contributed by atoms with Crippen LogP contribution in [0.3, 0.4) is 0 Å². The Balaban J connectivity index is 2.40. The summed E-state index contributed by atoms with van der Waals surface area (Å²) in [4.78, 5) is 0. The number of hydrogen-bond acceptors (Lipinski definition) is 2. The van der Waals surface area contributed by atoms with Gasteiger partial charge in [0.1, 0.15) is 0 Å². The van der Waals surface area contributed by atoms with E-state index in [0.29, 0.717) is 0 Å². The summed E-state index contributed by atoms with van der Waals surface area (Å²) >= 11 is 4.28. The van der Waals surface area contributed by atoms with Crippen molar-refractivity contribution in [1.82, 2.24) is 0 Å². The van der Waals surface area contributed by atoms with Gasteiger partial charge in [0.25, 0.3) is 0 Å². The minimum Gasteiger partial charge on any atom is -0.220 e. The van der Waals surface area contributed by atoms with Crippen molar-refractivity contribution in [1.29, 1.82) is 0 Å². The van der Waals surface area contributed by atoms with Crippen molar-refractivity contribution in [3.8, 4) is 0 Å². The van der Waals surface area contributed by atoms with E-state index in [9.17, 15) is 0 Å². The van der Waals surface area contributed by atoms with Crippen molar-refractivity contribution in [2.45, 2.75) is 13.3 Å². The Morgan fingerprint density at radius 2 is 2.40 bits per heavy atom. The van der Waals surface area contributed by atoms with Crippen molar-refractivity contribution in [2.75, 3.05) is 6.54 Å². The van der Waals surface area contributed by atoms with E-state index < -0.39 is 0 Å². The molecular formula is C3H7NS. The summed E-state index contributed by atoms with van der Waals surface area (Å²) in [5.41, 5.74) is 0. The number of nitrogens with zero attached hydrogens (tertiary/aromatic N) is 1. The Hall–Kier alpha value is 0.0200. The van der Waals surface area contributed by atoms with Crippen LogP contribution in [0.4, 0.5) is 0 Å². The second kappa shape index (κ2) is 4.02. The maximum Gasteiger partial charge on any atom is 0.0518 e.